The van der Waals surface area contributed by atoms with Gasteiger partial charge >= 0.3 is 0 Å². The van der Waals surface area contributed by atoms with E-state index in [-0.39, 0.29) is 5.56 Å². The maximum absolute atomic E-state index is 12.4. The van der Waals surface area contributed by atoms with Gasteiger partial charge in [-0.1, -0.05) is 0 Å². The van der Waals surface area contributed by atoms with E-state index in [2.05, 4.69) is 5.32 Å². The molecule has 0 aliphatic carbocycles. The van der Waals surface area contributed by atoms with E-state index in [0.29, 0.717) is 17.2 Å². The zero-order valence-corrected chi connectivity index (χ0v) is 12.2. The molecule has 1 aliphatic rings. The highest BCUT2D eigenvalue weighted by molar-refractivity contribution is 5.63. The number of pyridine rings is 1. The maximum atomic E-state index is 12.4. The molecule has 5 heteroatoms. The van der Waals surface area contributed by atoms with Gasteiger partial charge in [-0.25, -0.2) is 0 Å². The first-order valence-electron chi connectivity index (χ1n) is 6.94. The van der Waals surface area contributed by atoms with E-state index in [1.807, 2.05) is 28.8 Å². The monoisotopic (exact) mass is 286 g/mol. The molecule has 5 nitrogen and oxygen atoms in total. The van der Waals surface area contributed by atoms with Crippen LogP contribution in [0.25, 0.3) is 0 Å². The van der Waals surface area contributed by atoms with E-state index in [1.54, 1.807) is 20.3 Å². The van der Waals surface area contributed by atoms with Gasteiger partial charge in [0.1, 0.15) is 17.2 Å². The topological polar surface area (TPSA) is 52.5 Å². The number of aromatic nitrogens is 1. The van der Waals surface area contributed by atoms with Crippen molar-refractivity contribution in [1.29, 1.82) is 0 Å². The summed E-state index contributed by atoms with van der Waals surface area (Å²) in [6.45, 7) is 0.797. The van der Waals surface area contributed by atoms with Crippen LogP contribution in [-0.2, 0) is 13.0 Å². The molecule has 21 heavy (non-hydrogen) atoms. The third-order valence-electron chi connectivity index (χ3n) is 3.71. The number of nitrogens with zero attached hydrogens (tertiary/aromatic N) is 1. The van der Waals surface area contributed by atoms with Crippen molar-refractivity contribution in [2.45, 2.75) is 19.4 Å². The SMILES string of the molecule is COc1cc(Nc2ccc3n(c2=O)CCC3)cc(OC)c1. The summed E-state index contributed by atoms with van der Waals surface area (Å²) >= 11 is 0. The normalized spacial score (nSPS) is 12.9. The number of nitrogens with one attached hydrogen (secondary N) is 1. The average Bonchev–Trinajstić information content (AvgIpc) is 2.99. The van der Waals surface area contributed by atoms with Gasteiger partial charge < -0.3 is 19.4 Å². The van der Waals surface area contributed by atoms with Crippen molar-refractivity contribution < 1.29 is 9.47 Å². The van der Waals surface area contributed by atoms with Crippen LogP contribution in [0, 0.1) is 0 Å². The molecule has 0 unspecified atom stereocenters. The standard InChI is InChI=1S/C16H18N2O3/c1-20-13-8-11(9-14(10-13)21-2)17-15-6-5-12-4-3-7-18(12)16(15)19/h5-6,8-10,17H,3-4,7H2,1-2H3. The third-order valence-corrected chi connectivity index (χ3v) is 3.71. The minimum Gasteiger partial charge on any atom is -0.497 e. The number of methoxy groups -OCH3 is 2. The Hall–Kier alpha value is -2.43. The summed E-state index contributed by atoms with van der Waals surface area (Å²) in [4.78, 5) is 12.4. The predicted octanol–water partition coefficient (Wildman–Crippen LogP) is 2.56. The summed E-state index contributed by atoms with van der Waals surface area (Å²) in [6.07, 6.45) is 2.01. The van der Waals surface area contributed by atoms with Gasteiger partial charge in [-0.2, -0.15) is 0 Å². The van der Waals surface area contributed by atoms with Crippen LogP contribution in [0.4, 0.5) is 11.4 Å². The number of fused-ring (bicyclic) bond motifs is 1. The van der Waals surface area contributed by atoms with E-state index in [0.717, 1.165) is 30.8 Å². The molecule has 0 fully saturated rings. The first kappa shape index (κ1) is 13.5. The maximum Gasteiger partial charge on any atom is 0.274 e. The van der Waals surface area contributed by atoms with Crippen LogP contribution in [0.2, 0.25) is 0 Å². The van der Waals surface area contributed by atoms with Crippen LogP contribution in [0.15, 0.2) is 35.1 Å². The summed E-state index contributed by atoms with van der Waals surface area (Å²) in [5.74, 6) is 1.36. The van der Waals surface area contributed by atoms with Gasteiger partial charge in [0.05, 0.1) is 14.2 Å². The Balaban J connectivity index is 1.95. The van der Waals surface area contributed by atoms with Gasteiger partial charge in [0.15, 0.2) is 0 Å². The molecule has 0 amide bonds. The molecule has 0 radical (unpaired) electrons. The number of rotatable bonds is 4. The largest absolute Gasteiger partial charge is 0.497 e. The molecule has 110 valence electrons. The molecule has 0 atom stereocenters. The molecule has 2 aromatic rings. The molecule has 1 aliphatic heterocycles. The molecular formula is C16H18N2O3. The zero-order valence-electron chi connectivity index (χ0n) is 12.2. The van der Waals surface area contributed by atoms with E-state index >= 15 is 0 Å². The predicted molar refractivity (Wildman–Crippen MR) is 81.9 cm³/mol. The Morgan fingerprint density at radius 1 is 1.10 bits per heavy atom. The second-order valence-electron chi connectivity index (χ2n) is 5.03. The van der Waals surface area contributed by atoms with Gasteiger partial charge in [0, 0.05) is 36.1 Å². The molecule has 1 aromatic heterocycles. The zero-order chi connectivity index (χ0) is 14.8. The Kier molecular flexibility index (Phi) is 3.56. The van der Waals surface area contributed by atoms with Gasteiger partial charge in [-0.15, -0.1) is 0 Å². The number of anilines is 2. The lowest BCUT2D eigenvalue weighted by Crippen LogP contribution is -2.21. The Bertz CT molecular complexity index is 700. The molecule has 0 bridgehead atoms. The van der Waals surface area contributed by atoms with E-state index < -0.39 is 0 Å². The van der Waals surface area contributed by atoms with Gasteiger partial charge in [0.2, 0.25) is 0 Å². The first-order valence-corrected chi connectivity index (χ1v) is 6.94. The van der Waals surface area contributed by atoms with Crippen molar-refractivity contribution in [3.8, 4) is 11.5 Å². The van der Waals surface area contributed by atoms with Crippen LogP contribution in [0.5, 0.6) is 11.5 Å². The van der Waals surface area contributed by atoms with Gasteiger partial charge in [-0.05, 0) is 25.0 Å². The quantitative estimate of drug-likeness (QED) is 0.938. The van der Waals surface area contributed by atoms with Crippen molar-refractivity contribution in [3.63, 3.8) is 0 Å². The number of aryl methyl sites for hydroxylation is 1. The third kappa shape index (κ3) is 2.59. The summed E-state index contributed by atoms with van der Waals surface area (Å²) in [6, 6.07) is 9.31. The molecule has 3 rings (SSSR count). The highest BCUT2D eigenvalue weighted by Gasteiger charge is 2.14. The van der Waals surface area contributed by atoms with E-state index in [4.69, 9.17) is 9.47 Å². The van der Waals surface area contributed by atoms with Crippen LogP contribution in [0.1, 0.15) is 12.1 Å². The Morgan fingerprint density at radius 2 is 1.81 bits per heavy atom. The summed E-state index contributed by atoms with van der Waals surface area (Å²) < 4.78 is 12.3. The van der Waals surface area contributed by atoms with Crippen molar-refractivity contribution in [2.75, 3.05) is 19.5 Å². The average molecular weight is 286 g/mol. The highest BCUT2D eigenvalue weighted by Crippen LogP contribution is 2.27. The van der Waals surface area contributed by atoms with Gasteiger partial charge in [-0.3, -0.25) is 4.79 Å². The van der Waals surface area contributed by atoms with Crippen molar-refractivity contribution in [3.05, 3.63) is 46.4 Å². The molecule has 1 aromatic carbocycles. The highest BCUT2D eigenvalue weighted by atomic mass is 16.5. The van der Waals surface area contributed by atoms with Crippen molar-refractivity contribution >= 4 is 11.4 Å². The van der Waals surface area contributed by atoms with Crippen LogP contribution in [-0.4, -0.2) is 18.8 Å². The van der Waals surface area contributed by atoms with Gasteiger partial charge in [0.25, 0.3) is 5.56 Å². The molecule has 1 N–H and O–H groups in total. The lowest BCUT2D eigenvalue weighted by atomic mass is 10.2. The summed E-state index contributed by atoms with van der Waals surface area (Å²) in [5, 5.41) is 3.16. The fourth-order valence-electron chi connectivity index (χ4n) is 2.63. The van der Waals surface area contributed by atoms with E-state index in [9.17, 15) is 4.79 Å². The van der Waals surface area contributed by atoms with Crippen LogP contribution < -0.4 is 20.3 Å². The fourth-order valence-corrected chi connectivity index (χ4v) is 2.63. The lowest BCUT2D eigenvalue weighted by Gasteiger charge is -2.12. The van der Waals surface area contributed by atoms with Crippen molar-refractivity contribution in [1.82, 2.24) is 4.57 Å². The van der Waals surface area contributed by atoms with Crippen LogP contribution in [0.3, 0.4) is 0 Å². The van der Waals surface area contributed by atoms with Crippen molar-refractivity contribution in [2.24, 2.45) is 0 Å². The number of ether oxygens (including phenoxy) is 2. The molecular weight excluding hydrogens is 268 g/mol. The molecule has 0 saturated heterocycles. The Morgan fingerprint density at radius 3 is 2.48 bits per heavy atom. The van der Waals surface area contributed by atoms with Crippen LogP contribution >= 0.6 is 0 Å². The Labute approximate surface area is 123 Å². The molecule has 0 spiro atoms. The summed E-state index contributed by atoms with van der Waals surface area (Å²) in [5.41, 5.74) is 2.46. The summed E-state index contributed by atoms with van der Waals surface area (Å²) in [7, 11) is 3.20. The second-order valence-corrected chi connectivity index (χ2v) is 5.03. The first-order chi connectivity index (χ1) is 10.2. The minimum absolute atomic E-state index is 0.0202. The number of hydrogen-bond donors (Lipinski definition) is 1. The number of benzene rings is 1. The second kappa shape index (κ2) is 5.52. The lowest BCUT2D eigenvalue weighted by molar-refractivity contribution is 0.395. The number of hydrogen-bond acceptors (Lipinski definition) is 4. The molecule has 2 heterocycles. The fraction of sp³-hybridized carbons (Fsp3) is 0.312. The minimum atomic E-state index is 0.0202. The smallest absolute Gasteiger partial charge is 0.274 e. The molecule has 0 saturated carbocycles. The van der Waals surface area contributed by atoms with E-state index in [1.165, 1.54) is 0 Å².